The van der Waals surface area contributed by atoms with Crippen LogP contribution in [0.3, 0.4) is 0 Å². The molecule has 2 amide bonds. The minimum atomic E-state index is -4.78. The Labute approximate surface area is 143 Å². The first kappa shape index (κ1) is 18.6. The first-order valence-electron chi connectivity index (χ1n) is 6.68. The molecule has 0 spiro atoms. The molecule has 1 heterocycles. The van der Waals surface area contributed by atoms with Gasteiger partial charge in [0.1, 0.15) is 0 Å². The molecule has 0 bridgehead atoms. The molecule has 24 heavy (non-hydrogen) atoms. The quantitative estimate of drug-likeness (QED) is 0.793. The summed E-state index contributed by atoms with van der Waals surface area (Å²) in [4.78, 5) is 35.3. The van der Waals surface area contributed by atoms with Crippen molar-refractivity contribution < 1.29 is 32.7 Å². The van der Waals surface area contributed by atoms with Gasteiger partial charge in [-0.3, -0.25) is 14.4 Å². The molecule has 130 valence electrons. The number of anilines is 1. The van der Waals surface area contributed by atoms with Gasteiger partial charge in [-0.1, -0.05) is 11.6 Å². The summed E-state index contributed by atoms with van der Waals surface area (Å²) in [5, 5.41) is 7.51. The van der Waals surface area contributed by atoms with E-state index in [1.165, 1.54) is 0 Å². The number of alkyl halides is 3. The number of imide groups is 1. The lowest BCUT2D eigenvalue weighted by Gasteiger charge is -2.20. The fourth-order valence-corrected chi connectivity index (χ4v) is 3.46. The lowest BCUT2D eigenvalue weighted by Crippen LogP contribution is -2.33. The number of carboxylic acids is 1. The van der Waals surface area contributed by atoms with Crippen LogP contribution in [0.25, 0.3) is 0 Å². The summed E-state index contributed by atoms with van der Waals surface area (Å²) in [7, 11) is 0. The molecular formula is C14H11ClF3NO4S. The number of amides is 2. The maximum Gasteiger partial charge on any atom is 0.418 e. The number of carbonyl (C=O) groups excluding carboxylic acids is 2. The Hall–Kier alpha value is -1.74. The van der Waals surface area contributed by atoms with Gasteiger partial charge in [0, 0.05) is 17.2 Å². The number of thioether (sulfide) groups is 1. The van der Waals surface area contributed by atoms with E-state index in [1.54, 1.807) is 0 Å². The number of carboxylic acid groups (broad SMARTS) is 1. The second-order valence-corrected chi connectivity index (χ2v) is 6.68. The number of hydrogen-bond acceptors (Lipinski definition) is 4. The fraction of sp³-hybridized carbons (Fsp3) is 0.357. The maximum absolute atomic E-state index is 13.1. The molecule has 1 unspecified atom stereocenters. The van der Waals surface area contributed by atoms with Crippen molar-refractivity contribution in [1.29, 1.82) is 0 Å². The lowest BCUT2D eigenvalue weighted by atomic mass is 10.1. The maximum atomic E-state index is 13.1. The summed E-state index contributed by atoms with van der Waals surface area (Å²) >= 11 is 6.52. The Bertz CT molecular complexity index is 695. The SMILES string of the molecule is O=C(O)CCSC1CC(=O)N(c2ccc(Cl)cc2C(F)(F)F)C1=O. The molecule has 0 radical (unpaired) electrons. The number of rotatable bonds is 5. The average Bonchev–Trinajstić information content (AvgIpc) is 2.73. The van der Waals surface area contributed by atoms with Crippen molar-refractivity contribution in [2.75, 3.05) is 10.7 Å². The third-order valence-electron chi connectivity index (χ3n) is 3.25. The molecule has 0 aliphatic carbocycles. The van der Waals surface area contributed by atoms with Gasteiger partial charge in [0.05, 0.1) is 22.9 Å². The predicted molar refractivity (Wildman–Crippen MR) is 82.1 cm³/mol. The number of nitrogens with zero attached hydrogens (tertiary/aromatic N) is 1. The average molecular weight is 382 g/mol. The molecule has 0 aromatic heterocycles. The van der Waals surface area contributed by atoms with Crippen LogP contribution in [0.1, 0.15) is 18.4 Å². The number of benzene rings is 1. The topological polar surface area (TPSA) is 74.7 Å². The highest BCUT2D eigenvalue weighted by atomic mass is 35.5. The molecule has 0 saturated carbocycles. The second kappa shape index (κ2) is 7.02. The smallest absolute Gasteiger partial charge is 0.418 e. The van der Waals surface area contributed by atoms with Crippen LogP contribution in [0, 0.1) is 0 Å². The zero-order chi connectivity index (χ0) is 18.1. The van der Waals surface area contributed by atoms with Crippen molar-refractivity contribution in [3.63, 3.8) is 0 Å². The Morgan fingerprint density at radius 1 is 1.38 bits per heavy atom. The number of carbonyl (C=O) groups is 3. The van der Waals surface area contributed by atoms with Crippen molar-refractivity contribution in [2.45, 2.75) is 24.3 Å². The molecule has 1 aromatic rings. The van der Waals surface area contributed by atoms with Crippen LogP contribution in [0.2, 0.25) is 5.02 Å². The Balaban J connectivity index is 2.28. The molecule has 1 saturated heterocycles. The molecule has 10 heteroatoms. The van der Waals surface area contributed by atoms with Crippen molar-refractivity contribution in [3.8, 4) is 0 Å². The highest BCUT2D eigenvalue weighted by molar-refractivity contribution is 8.00. The normalized spacial score (nSPS) is 18.3. The number of aliphatic carboxylic acids is 1. The van der Waals surface area contributed by atoms with Crippen LogP contribution in [0.15, 0.2) is 18.2 Å². The van der Waals surface area contributed by atoms with E-state index < -0.39 is 40.5 Å². The summed E-state index contributed by atoms with van der Waals surface area (Å²) in [6.45, 7) is 0. The van der Waals surface area contributed by atoms with Crippen LogP contribution in [0.4, 0.5) is 18.9 Å². The minimum Gasteiger partial charge on any atom is -0.481 e. The Morgan fingerprint density at radius 3 is 2.62 bits per heavy atom. The zero-order valence-corrected chi connectivity index (χ0v) is 13.5. The van der Waals surface area contributed by atoms with Crippen LogP contribution in [0.5, 0.6) is 0 Å². The summed E-state index contributed by atoms with van der Waals surface area (Å²) < 4.78 is 39.4. The van der Waals surface area contributed by atoms with Gasteiger partial charge in [-0.15, -0.1) is 11.8 Å². The first-order chi connectivity index (χ1) is 11.1. The van der Waals surface area contributed by atoms with E-state index in [4.69, 9.17) is 16.7 Å². The zero-order valence-electron chi connectivity index (χ0n) is 12.0. The monoisotopic (exact) mass is 381 g/mol. The van der Waals surface area contributed by atoms with E-state index in [-0.39, 0.29) is 23.6 Å². The van der Waals surface area contributed by atoms with Crippen LogP contribution in [-0.4, -0.2) is 33.9 Å². The summed E-state index contributed by atoms with van der Waals surface area (Å²) in [6, 6.07) is 2.80. The van der Waals surface area contributed by atoms with E-state index in [2.05, 4.69) is 0 Å². The molecule has 1 N–H and O–H groups in total. The van der Waals surface area contributed by atoms with Crippen molar-refractivity contribution >= 4 is 46.8 Å². The predicted octanol–water partition coefficient (Wildman–Crippen LogP) is 3.20. The molecule has 1 fully saturated rings. The van der Waals surface area contributed by atoms with Gasteiger partial charge in [0.15, 0.2) is 0 Å². The lowest BCUT2D eigenvalue weighted by molar-refractivity contribution is -0.138. The van der Waals surface area contributed by atoms with Gasteiger partial charge < -0.3 is 5.11 Å². The number of hydrogen-bond donors (Lipinski definition) is 1. The van der Waals surface area contributed by atoms with Gasteiger partial charge in [-0.25, -0.2) is 4.90 Å². The third kappa shape index (κ3) is 4.02. The standard InChI is InChI=1S/C14H11ClF3NO4S/c15-7-1-2-9(8(5-7)14(16,17)18)19-11(20)6-10(13(19)23)24-4-3-12(21)22/h1-2,5,10H,3-4,6H2,(H,21,22). The molecule has 1 aliphatic heterocycles. The highest BCUT2D eigenvalue weighted by Crippen LogP contribution is 2.40. The fourth-order valence-electron chi connectivity index (χ4n) is 2.21. The summed E-state index contributed by atoms with van der Waals surface area (Å²) in [5.74, 6) is -2.53. The molecule has 1 atom stereocenters. The van der Waals surface area contributed by atoms with Gasteiger partial charge in [-0.2, -0.15) is 13.2 Å². The third-order valence-corrected chi connectivity index (χ3v) is 4.69. The Morgan fingerprint density at radius 2 is 2.04 bits per heavy atom. The number of halogens is 4. The highest BCUT2D eigenvalue weighted by Gasteiger charge is 2.44. The second-order valence-electron chi connectivity index (χ2n) is 4.93. The van der Waals surface area contributed by atoms with Crippen molar-refractivity contribution in [1.82, 2.24) is 0 Å². The molecule has 2 rings (SSSR count). The summed E-state index contributed by atoms with van der Waals surface area (Å²) in [5.41, 5.74) is -1.74. The van der Waals surface area contributed by atoms with E-state index in [1.807, 2.05) is 0 Å². The van der Waals surface area contributed by atoms with E-state index in [0.717, 1.165) is 23.9 Å². The summed E-state index contributed by atoms with van der Waals surface area (Å²) in [6.07, 6.45) is -5.27. The molecule has 1 aliphatic rings. The van der Waals surface area contributed by atoms with Crippen molar-refractivity contribution in [3.05, 3.63) is 28.8 Å². The van der Waals surface area contributed by atoms with E-state index in [0.29, 0.717) is 11.0 Å². The van der Waals surface area contributed by atoms with E-state index in [9.17, 15) is 27.6 Å². The first-order valence-corrected chi connectivity index (χ1v) is 8.11. The Kier molecular flexibility index (Phi) is 5.44. The van der Waals surface area contributed by atoms with Gasteiger partial charge >= 0.3 is 12.1 Å². The van der Waals surface area contributed by atoms with Gasteiger partial charge in [-0.05, 0) is 18.2 Å². The van der Waals surface area contributed by atoms with Gasteiger partial charge in [0.2, 0.25) is 11.8 Å². The van der Waals surface area contributed by atoms with Crippen LogP contribution >= 0.6 is 23.4 Å². The molecular weight excluding hydrogens is 371 g/mol. The van der Waals surface area contributed by atoms with E-state index >= 15 is 0 Å². The minimum absolute atomic E-state index is 0.0829. The molecule has 5 nitrogen and oxygen atoms in total. The molecule has 1 aromatic carbocycles. The van der Waals surface area contributed by atoms with Crippen LogP contribution < -0.4 is 4.90 Å². The largest absolute Gasteiger partial charge is 0.481 e. The van der Waals surface area contributed by atoms with Gasteiger partial charge in [0.25, 0.3) is 0 Å². The van der Waals surface area contributed by atoms with Crippen molar-refractivity contribution in [2.24, 2.45) is 0 Å². The van der Waals surface area contributed by atoms with Crippen LogP contribution in [-0.2, 0) is 20.6 Å².